The third-order valence-corrected chi connectivity index (χ3v) is 2.40. The summed E-state index contributed by atoms with van der Waals surface area (Å²) in [5.74, 6) is 1.45. The minimum absolute atomic E-state index is 0.00247. The van der Waals surface area contributed by atoms with Crippen LogP contribution in [0.2, 0.25) is 0 Å². The molecule has 1 aromatic carbocycles. The van der Waals surface area contributed by atoms with Crippen LogP contribution in [-0.4, -0.2) is 31.0 Å². The fraction of sp³-hybridized carbons (Fsp3) is 0.571. The van der Waals surface area contributed by atoms with E-state index in [0.29, 0.717) is 12.6 Å². The topological polar surface area (TPSA) is 50.7 Å². The zero-order chi connectivity index (χ0) is 13.4. The number of aliphatic hydroxyl groups is 1. The van der Waals surface area contributed by atoms with Gasteiger partial charge in [-0.05, 0) is 13.0 Å². The highest BCUT2D eigenvalue weighted by Gasteiger charge is 2.11. The van der Waals surface area contributed by atoms with Crippen LogP contribution in [-0.2, 0) is 6.54 Å². The summed E-state index contributed by atoms with van der Waals surface area (Å²) in [6.45, 7) is 7.72. The fourth-order valence-electron chi connectivity index (χ4n) is 1.60. The SMILES string of the molecule is CCOc1cccc(CNC(C)C)c1OCCO. The minimum atomic E-state index is -0.00247. The smallest absolute Gasteiger partial charge is 0.165 e. The lowest BCUT2D eigenvalue weighted by Crippen LogP contribution is -2.22. The van der Waals surface area contributed by atoms with Crippen LogP contribution in [0.1, 0.15) is 26.3 Å². The van der Waals surface area contributed by atoms with E-state index in [1.165, 1.54) is 0 Å². The summed E-state index contributed by atoms with van der Waals surface area (Å²) in [7, 11) is 0. The van der Waals surface area contributed by atoms with Crippen LogP contribution in [0.25, 0.3) is 0 Å². The highest BCUT2D eigenvalue weighted by Crippen LogP contribution is 2.31. The number of hydrogen-bond donors (Lipinski definition) is 2. The van der Waals surface area contributed by atoms with Gasteiger partial charge in [0.25, 0.3) is 0 Å². The van der Waals surface area contributed by atoms with Gasteiger partial charge in [-0.2, -0.15) is 0 Å². The van der Waals surface area contributed by atoms with Gasteiger partial charge in [0.05, 0.1) is 13.2 Å². The molecule has 0 unspecified atom stereocenters. The predicted molar refractivity (Wildman–Crippen MR) is 72.2 cm³/mol. The van der Waals surface area contributed by atoms with Crippen molar-refractivity contribution in [2.24, 2.45) is 0 Å². The Labute approximate surface area is 109 Å². The van der Waals surface area contributed by atoms with Crippen LogP contribution in [0, 0.1) is 0 Å². The first-order chi connectivity index (χ1) is 8.69. The molecule has 0 radical (unpaired) electrons. The average molecular weight is 253 g/mol. The second kappa shape index (κ2) is 7.95. The molecule has 0 spiro atoms. The number of para-hydroxylation sites is 1. The van der Waals surface area contributed by atoms with E-state index in [1.54, 1.807) is 0 Å². The molecule has 1 rings (SSSR count). The molecule has 0 saturated heterocycles. The van der Waals surface area contributed by atoms with Gasteiger partial charge in [0.2, 0.25) is 0 Å². The van der Waals surface area contributed by atoms with Crippen LogP contribution < -0.4 is 14.8 Å². The van der Waals surface area contributed by atoms with Gasteiger partial charge in [-0.15, -0.1) is 0 Å². The Kier molecular flexibility index (Phi) is 6.54. The molecule has 0 aliphatic heterocycles. The van der Waals surface area contributed by atoms with Crippen molar-refractivity contribution in [2.75, 3.05) is 19.8 Å². The number of ether oxygens (including phenoxy) is 2. The lowest BCUT2D eigenvalue weighted by atomic mass is 10.1. The molecule has 0 saturated carbocycles. The van der Waals surface area contributed by atoms with E-state index in [2.05, 4.69) is 19.2 Å². The van der Waals surface area contributed by atoms with Crippen LogP contribution in [0.5, 0.6) is 11.5 Å². The molecule has 0 amide bonds. The molecule has 0 aliphatic rings. The first-order valence-electron chi connectivity index (χ1n) is 6.40. The Morgan fingerprint density at radius 3 is 2.67 bits per heavy atom. The van der Waals surface area contributed by atoms with E-state index >= 15 is 0 Å². The van der Waals surface area contributed by atoms with E-state index in [9.17, 15) is 0 Å². The molecule has 0 aliphatic carbocycles. The van der Waals surface area contributed by atoms with E-state index < -0.39 is 0 Å². The van der Waals surface area contributed by atoms with E-state index in [4.69, 9.17) is 14.6 Å². The Bertz CT molecular complexity index is 353. The molecule has 4 heteroatoms. The maximum absolute atomic E-state index is 8.88. The monoisotopic (exact) mass is 253 g/mol. The summed E-state index contributed by atoms with van der Waals surface area (Å²) < 4.78 is 11.1. The van der Waals surface area contributed by atoms with Gasteiger partial charge in [-0.3, -0.25) is 0 Å². The van der Waals surface area contributed by atoms with Gasteiger partial charge in [-0.1, -0.05) is 26.0 Å². The summed E-state index contributed by atoms with van der Waals surface area (Å²) in [5.41, 5.74) is 1.04. The number of hydrogen-bond acceptors (Lipinski definition) is 4. The summed E-state index contributed by atoms with van der Waals surface area (Å²) in [6.07, 6.45) is 0. The maximum atomic E-state index is 8.88. The zero-order valence-electron chi connectivity index (χ0n) is 11.4. The van der Waals surface area contributed by atoms with Crippen molar-refractivity contribution in [3.63, 3.8) is 0 Å². The van der Waals surface area contributed by atoms with E-state index in [0.717, 1.165) is 23.6 Å². The van der Waals surface area contributed by atoms with Crippen LogP contribution >= 0.6 is 0 Å². The average Bonchev–Trinajstić information content (AvgIpc) is 2.35. The number of nitrogens with one attached hydrogen (secondary N) is 1. The van der Waals surface area contributed by atoms with Crippen molar-refractivity contribution >= 4 is 0 Å². The highest BCUT2D eigenvalue weighted by atomic mass is 16.5. The van der Waals surface area contributed by atoms with Gasteiger partial charge < -0.3 is 19.9 Å². The molecule has 102 valence electrons. The van der Waals surface area contributed by atoms with Crippen LogP contribution in [0.15, 0.2) is 18.2 Å². The molecule has 2 N–H and O–H groups in total. The van der Waals surface area contributed by atoms with Gasteiger partial charge in [0.15, 0.2) is 11.5 Å². The second-order valence-corrected chi connectivity index (χ2v) is 4.29. The third-order valence-electron chi connectivity index (χ3n) is 2.40. The van der Waals surface area contributed by atoms with E-state index in [-0.39, 0.29) is 13.2 Å². The molecule has 0 bridgehead atoms. The summed E-state index contributed by atoms with van der Waals surface area (Å²) in [5, 5.41) is 12.2. The molecular formula is C14H23NO3. The summed E-state index contributed by atoms with van der Waals surface area (Å²) in [6, 6.07) is 6.25. The Morgan fingerprint density at radius 1 is 1.28 bits per heavy atom. The molecular weight excluding hydrogens is 230 g/mol. The Morgan fingerprint density at radius 2 is 2.06 bits per heavy atom. The van der Waals surface area contributed by atoms with Crippen molar-refractivity contribution < 1.29 is 14.6 Å². The minimum Gasteiger partial charge on any atom is -0.490 e. The molecule has 0 fully saturated rings. The van der Waals surface area contributed by atoms with Gasteiger partial charge in [0, 0.05) is 18.2 Å². The highest BCUT2D eigenvalue weighted by molar-refractivity contribution is 5.46. The molecule has 1 aromatic rings. The first-order valence-corrected chi connectivity index (χ1v) is 6.40. The van der Waals surface area contributed by atoms with Gasteiger partial charge >= 0.3 is 0 Å². The van der Waals surface area contributed by atoms with Gasteiger partial charge in [-0.25, -0.2) is 0 Å². The molecule has 0 atom stereocenters. The number of benzene rings is 1. The predicted octanol–water partition coefficient (Wildman–Crippen LogP) is 1.95. The third kappa shape index (κ3) is 4.55. The lowest BCUT2D eigenvalue weighted by Gasteiger charge is -2.16. The molecule has 0 heterocycles. The summed E-state index contributed by atoms with van der Waals surface area (Å²) >= 11 is 0. The number of aliphatic hydroxyl groups excluding tert-OH is 1. The van der Waals surface area contributed by atoms with Crippen molar-refractivity contribution in [1.82, 2.24) is 5.32 Å². The quantitative estimate of drug-likeness (QED) is 0.743. The summed E-state index contributed by atoms with van der Waals surface area (Å²) in [4.78, 5) is 0. The molecule has 0 aromatic heterocycles. The van der Waals surface area contributed by atoms with Crippen molar-refractivity contribution in [1.29, 1.82) is 0 Å². The van der Waals surface area contributed by atoms with Crippen LogP contribution in [0.4, 0.5) is 0 Å². The maximum Gasteiger partial charge on any atom is 0.165 e. The van der Waals surface area contributed by atoms with Crippen molar-refractivity contribution in [3.8, 4) is 11.5 Å². The van der Waals surface area contributed by atoms with Crippen molar-refractivity contribution in [3.05, 3.63) is 23.8 Å². The van der Waals surface area contributed by atoms with E-state index in [1.807, 2.05) is 25.1 Å². The largest absolute Gasteiger partial charge is 0.490 e. The van der Waals surface area contributed by atoms with Crippen LogP contribution in [0.3, 0.4) is 0 Å². The fourth-order valence-corrected chi connectivity index (χ4v) is 1.60. The molecule has 4 nitrogen and oxygen atoms in total. The number of rotatable bonds is 8. The first kappa shape index (κ1) is 14.8. The Hall–Kier alpha value is -1.26. The zero-order valence-corrected chi connectivity index (χ0v) is 11.4. The van der Waals surface area contributed by atoms with Gasteiger partial charge in [0.1, 0.15) is 6.61 Å². The lowest BCUT2D eigenvalue weighted by molar-refractivity contribution is 0.193. The Balaban J connectivity index is 2.87. The standard InChI is InChI=1S/C14H23NO3/c1-4-17-13-7-5-6-12(10-15-11(2)3)14(13)18-9-8-16/h5-7,11,15-16H,4,8-10H2,1-3H3. The second-order valence-electron chi connectivity index (χ2n) is 4.29. The molecule has 18 heavy (non-hydrogen) atoms. The normalized spacial score (nSPS) is 10.7. The van der Waals surface area contributed by atoms with Crippen molar-refractivity contribution in [2.45, 2.75) is 33.4 Å².